The van der Waals surface area contributed by atoms with Crippen LogP contribution in [0.5, 0.6) is 0 Å². The van der Waals surface area contributed by atoms with Crippen molar-refractivity contribution in [3.8, 4) is 0 Å². The smallest absolute Gasteiger partial charge is 0.410 e. The largest absolute Gasteiger partial charge is 0.460 e. The van der Waals surface area contributed by atoms with Crippen LogP contribution in [-0.2, 0) is 14.3 Å². The molecule has 22 heavy (non-hydrogen) atoms. The molecule has 6 nitrogen and oxygen atoms in total. The van der Waals surface area contributed by atoms with Crippen molar-refractivity contribution in [2.24, 2.45) is 11.1 Å². The van der Waals surface area contributed by atoms with Crippen LogP contribution in [0.2, 0.25) is 0 Å². The maximum atomic E-state index is 12.4. The second kappa shape index (κ2) is 6.44. The fourth-order valence-electron chi connectivity index (χ4n) is 2.32. The second-order valence-corrected chi connectivity index (χ2v) is 7.95. The summed E-state index contributed by atoms with van der Waals surface area (Å²) in [5.41, 5.74) is 4.08. The molecular weight excluding hydrogens is 284 g/mol. The summed E-state index contributed by atoms with van der Waals surface area (Å²) in [6.07, 6.45) is 0.650. The number of nitrogens with zero attached hydrogens (tertiary/aromatic N) is 1. The lowest BCUT2D eigenvalue weighted by Gasteiger charge is -2.40. The summed E-state index contributed by atoms with van der Waals surface area (Å²) in [5.74, 6) is -0.272. The molecule has 1 saturated heterocycles. The molecule has 0 aromatic carbocycles. The van der Waals surface area contributed by atoms with Crippen LogP contribution in [0.15, 0.2) is 0 Å². The quantitative estimate of drug-likeness (QED) is 0.791. The molecule has 0 unspecified atom stereocenters. The van der Waals surface area contributed by atoms with Gasteiger partial charge in [-0.15, -0.1) is 0 Å². The number of likely N-dealkylation sites (tertiary alicyclic amines) is 1. The second-order valence-electron chi connectivity index (χ2n) is 7.95. The molecule has 128 valence electrons. The number of nitrogens with two attached hydrogens (primary N) is 1. The van der Waals surface area contributed by atoms with Crippen molar-refractivity contribution in [3.63, 3.8) is 0 Å². The lowest BCUT2D eigenvalue weighted by atomic mass is 9.78. The highest BCUT2D eigenvalue weighted by molar-refractivity contribution is 5.78. The number of carbonyl (C=O) groups is 2. The van der Waals surface area contributed by atoms with E-state index in [1.807, 2.05) is 41.5 Å². The molecule has 6 heteroatoms. The van der Waals surface area contributed by atoms with Gasteiger partial charge in [0.25, 0.3) is 0 Å². The van der Waals surface area contributed by atoms with Gasteiger partial charge in [0.2, 0.25) is 0 Å². The molecule has 1 heterocycles. The Morgan fingerprint density at radius 2 is 1.45 bits per heavy atom. The molecule has 1 rings (SSSR count). The molecule has 0 saturated carbocycles. The molecule has 0 spiro atoms. The van der Waals surface area contributed by atoms with Crippen LogP contribution in [0.3, 0.4) is 0 Å². The third kappa shape index (κ3) is 5.16. The molecular formula is C16H30N2O4. The minimum Gasteiger partial charge on any atom is -0.460 e. The van der Waals surface area contributed by atoms with Gasteiger partial charge in [0.05, 0.1) is 5.41 Å². The molecule has 0 aliphatic carbocycles. The number of piperidine rings is 1. The van der Waals surface area contributed by atoms with E-state index in [0.717, 1.165) is 0 Å². The fourth-order valence-corrected chi connectivity index (χ4v) is 2.32. The highest BCUT2D eigenvalue weighted by Crippen LogP contribution is 2.34. The monoisotopic (exact) mass is 314 g/mol. The molecule has 1 fully saturated rings. The predicted molar refractivity (Wildman–Crippen MR) is 84.4 cm³/mol. The van der Waals surface area contributed by atoms with Gasteiger partial charge in [0, 0.05) is 19.6 Å². The molecule has 0 aromatic rings. The van der Waals surface area contributed by atoms with Gasteiger partial charge >= 0.3 is 12.1 Å². The predicted octanol–water partition coefficient (Wildman–Crippen LogP) is 2.30. The molecule has 1 amide bonds. The molecule has 0 radical (unpaired) electrons. The Bertz CT molecular complexity index is 413. The molecule has 1 aliphatic rings. The van der Waals surface area contributed by atoms with E-state index in [2.05, 4.69) is 0 Å². The van der Waals surface area contributed by atoms with Crippen molar-refractivity contribution < 1.29 is 19.1 Å². The van der Waals surface area contributed by atoms with Crippen LogP contribution in [0, 0.1) is 5.41 Å². The van der Waals surface area contributed by atoms with Crippen molar-refractivity contribution >= 4 is 12.1 Å². The summed E-state index contributed by atoms with van der Waals surface area (Å²) in [4.78, 5) is 26.1. The average Bonchev–Trinajstić information content (AvgIpc) is 2.34. The molecule has 2 N–H and O–H groups in total. The Hall–Kier alpha value is -1.30. The lowest BCUT2D eigenvalue weighted by Crippen LogP contribution is -2.52. The summed E-state index contributed by atoms with van der Waals surface area (Å²) < 4.78 is 10.9. The minimum atomic E-state index is -0.703. The van der Waals surface area contributed by atoms with Gasteiger partial charge in [-0.3, -0.25) is 4.79 Å². The first-order valence-electron chi connectivity index (χ1n) is 7.80. The van der Waals surface area contributed by atoms with Crippen LogP contribution in [0.25, 0.3) is 0 Å². The first kappa shape index (κ1) is 18.7. The van der Waals surface area contributed by atoms with Gasteiger partial charge in [0.15, 0.2) is 0 Å². The number of hydrogen-bond donors (Lipinski definition) is 1. The number of carbonyl (C=O) groups excluding carboxylic acids is 2. The Morgan fingerprint density at radius 3 is 1.82 bits per heavy atom. The molecule has 0 atom stereocenters. The normalized spacial score (nSPS) is 18.8. The third-order valence-electron chi connectivity index (χ3n) is 3.59. The van der Waals surface area contributed by atoms with Crippen LogP contribution < -0.4 is 5.73 Å². The number of esters is 1. The standard InChI is InChI=1S/C16H30N2O4/c1-14(2,3)21-12(19)16(11-17)7-9-18(10-8-16)13(20)22-15(4,5)6/h7-11,17H2,1-6H3. The number of rotatable bonds is 2. The van der Waals surface area contributed by atoms with Crippen molar-refractivity contribution in [1.29, 1.82) is 0 Å². The van der Waals surface area contributed by atoms with Crippen molar-refractivity contribution in [1.82, 2.24) is 4.90 Å². The zero-order valence-corrected chi connectivity index (χ0v) is 14.7. The van der Waals surface area contributed by atoms with Crippen molar-refractivity contribution in [2.45, 2.75) is 65.6 Å². The number of hydrogen-bond acceptors (Lipinski definition) is 5. The maximum absolute atomic E-state index is 12.4. The first-order valence-corrected chi connectivity index (χ1v) is 7.80. The van der Waals surface area contributed by atoms with E-state index in [4.69, 9.17) is 15.2 Å². The number of ether oxygens (including phenoxy) is 2. The maximum Gasteiger partial charge on any atom is 0.410 e. The summed E-state index contributed by atoms with van der Waals surface area (Å²) in [6.45, 7) is 12.1. The number of amides is 1. The van der Waals surface area contributed by atoms with E-state index >= 15 is 0 Å². The Morgan fingerprint density at radius 1 is 1.00 bits per heavy atom. The highest BCUT2D eigenvalue weighted by Gasteiger charge is 2.44. The Kier molecular flexibility index (Phi) is 5.49. The third-order valence-corrected chi connectivity index (χ3v) is 3.59. The van der Waals surface area contributed by atoms with Crippen molar-refractivity contribution in [2.75, 3.05) is 19.6 Å². The van der Waals surface area contributed by atoms with E-state index < -0.39 is 16.6 Å². The summed E-state index contributed by atoms with van der Waals surface area (Å²) in [7, 11) is 0. The minimum absolute atomic E-state index is 0.226. The lowest BCUT2D eigenvalue weighted by molar-refractivity contribution is -0.170. The van der Waals surface area contributed by atoms with E-state index in [1.165, 1.54) is 0 Å². The van der Waals surface area contributed by atoms with Crippen LogP contribution in [-0.4, -0.2) is 47.8 Å². The van der Waals surface area contributed by atoms with Gasteiger partial charge in [-0.1, -0.05) is 0 Å². The van der Waals surface area contributed by atoms with Gasteiger partial charge in [-0.2, -0.15) is 0 Å². The topological polar surface area (TPSA) is 81.9 Å². The fraction of sp³-hybridized carbons (Fsp3) is 0.875. The zero-order valence-electron chi connectivity index (χ0n) is 14.7. The van der Waals surface area contributed by atoms with E-state index in [9.17, 15) is 9.59 Å². The Labute approximate surface area is 133 Å². The van der Waals surface area contributed by atoms with E-state index in [-0.39, 0.29) is 18.6 Å². The van der Waals surface area contributed by atoms with Crippen molar-refractivity contribution in [3.05, 3.63) is 0 Å². The highest BCUT2D eigenvalue weighted by atomic mass is 16.6. The van der Waals surface area contributed by atoms with Gasteiger partial charge in [0.1, 0.15) is 11.2 Å². The molecule has 0 aromatic heterocycles. The van der Waals surface area contributed by atoms with E-state index in [0.29, 0.717) is 25.9 Å². The van der Waals surface area contributed by atoms with Gasteiger partial charge in [-0.05, 0) is 54.4 Å². The zero-order chi connectivity index (χ0) is 17.2. The van der Waals surface area contributed by atoms with Crippen LogP contribution in [0.1, 0.15) is 54.4 Å². The summed E-state index contributed by atoms with van der Waals surface area (Å²) >= 11 is 0. The SMILES string of the molecule is CC(C)(C)OC(=O)N1CCC(CN)(C(=O)OC(C)(C)C)CC1. The molecule has 0 bridgehead atoms. The van der Waals surface area contributed by atoms with Crippen LogP contribution in [0.4, 0.5) is 4.79 Å². The van der Waals surface area contributed by atoms with Crippen LogP contribution >= 0.6 is 0 Å². The molecule has 1 aliphatic heterocycles. The van der Waals surface area contributed by atoms with Gasteiger partial charge in [-0.25, -0.2) is 4.79 Å². The average molecular weight is 314 g/mol. The van der Waals surface area contributed by atoms with Gasteiger partial charge < -0.3 is 20.1 Å². The summed E-state index contributed by atoms with van der Waals surface area (Å²) in [5, 5.41) is 0. The Balaban J connectivity index is 2.68. The first-order chi connectivity index (χ1) is 9.88. The van der Waals surface area contributed by atoms with E-state index in [1.54, 1.807) is 4.90 Å². The summed E-state index contributed by atoms with van der Waals surface area (Å²) in [6, 6.07) is 0.